The normalized spacial score (nSPS) is 13.4. The van der Waals surface area contributed by atoms with E-state index in [1.54, 1.807) is 6.20 Å². The molecule has 22 heavy (non-hydrogen) atoms. The SMILES string of the molecule is N[C@@H](Cc1ccccc1)[C@@H](O)C(=O)NCCc1ccccn1. The minimum Gasteiger partial charge on any atom is -0.382 e. The molecule has 116 valence electrons. The van der Waals surface area contributed by atoms with E-state index >= 15 is 0 Å². The van der Waals surface area contributed by atoms with Crippen LogP contribution in [0.2, 0.25) is 0 Å². The van der Waals surface area contributed by atoms with Crippen molar-refractivity contribution in [2.75, 3.05) is 6.54 Å². The minimum absolute atomic E-state index is 0.422. The van der Waals surface area contributed by atoms with Crippen LogP contribution in [-0.2, 0) is 17.6 Å². The van der Waals surface area contributed by atoms with E-state index < -0.39 is 18.1 Å². The summed E-state index contributed by atoms with van der Waals surface area (Å²) in [6.07, 6.45) is 1.56. The number of pyridine rings is 1. The van der Waals surface area contributed by atoms with Gasteiger partial charge in [-0.25, -0.2) is 0 Å². The van der Waals surface area contributed by atoms with E-state index in [-0.39, 0.29) is 0 Å². The number of nitrogens with two attached hydrogens (primary N) is 1. The Balaban J connectivity index is 1.76. The first kappa shape index (κ1) is 16.1. The lowest BCUT2D eigenvalue weighted by Crippen LogP contribution is -2.47. The Kier molecular flexibility index (Phi) is 6.06. The zero-order valence-corrected chi connectivity index (χ0v) is 12.4. The molecular formula is C17H21N3O2. The summed E-state index contributed by atoms with van der Waals surface area (Å²) in [6.45, 7) is 0.422. The van der Waals surface area contributed by atoms with Gasteiger partial charge in [0, 0.05) is 30.9 Å². The molecule has 2 atom stereocenters. The second kappa shape index (κ2) is 8.26. The van der Waals surface area contributed by atoms with Crippen LogP contribution < -0.4 is 11.1 Å². The number of carbonyl (C=O) groups is 1. The molecule has 0 bridgehead atoms. The topological polar surface area (TPSA) is 88.2 Å². The van der Waals surface area contributed by atoms with E-state index in [4.69, 9.17) is 5.73 Å². The number of benzene rings is 1. The van der Waals surface area contributed by atoms with Crippen molar-refractivity contribution in [1.82, 2.24) is 10.3 Å². The van der Waals surface area contributed by atoms with Gasteiger partial charge in [0.2, 0.25) is 5.91 Å². The predicted molar refractivity (Wildman–Crippen MR) is 85.1 cm³/mol. The fourth-order valence-electron chi connectivity index (χ4n) is 2.16. The van der Waals surface area contributed by atoms with Gasteiger partial charge >= 0.3 is 0 Å². The molecule has 1 amide bonds. The number of hydrogen-bond acceptors (Lipinski definition) is 4. The smallest absolute Gasteiger partial charge is 0.250 e. The fourth-order valence-corrected chi connectivity index (χ4v) is 2.16. The summed E-state index contributed by atoms with van der Waals surface area (Å²) >= 11 is 0. The van der Waals surface area contributed by atoms with Crippen molar-refractivity contribution in [3.63, 3.8) is 0 Å². The first-order chi connectivity index (χ1) is 10.7. The van der Waals surface area contributed by atoms with Gasteiger partial charge in [-0.15, -0.1) is 0 Å². The van der Waals surface area contributed by atoms with E-state index in [1.807, 2.05) is 48.5 Å². The van der Waals surface area contributed by atoms with Gasteiger partial charge in [-0.05, 0) is 24.1 Å². The highest BCUT2D eigenvalue weighted by molar-refractivity contribution is 5.81. The predicted octanol–water partition coefficient (Wildman–Crippen LogP) is 0.671. The lowest BCUT2D eigenvalue weighted by Gasteiger charge is -2.18. The van der Waals surface area contributed by atoms with Gasteiger partial charge in [0.05, 0.1) is 0 Å². The summed E-state index contributed by atoms with van der Waals surface area (Å²) in [5, 5.41) is 12.7. The first-order valence-corrected chi connectivity index (χ1v) is 7.32. The molecule has 5 nitrogen and oxygen atoms in total. The molecule has 5 heteroatoms. The quantitative estimate of drug-likeness (QED) is 0.701. The number of carbonyl (C=O) groups excluding carboxylic acids is 1. The zero-order chi connectivity index (χ0) is 15.8. The van der Waals surface area contributed by atoms with E-state index in [0.29, 0.717) is 19.4 Å². The molecule has 0 aliphatic rings. The molecule has 0 radical (unpaired) electrons. The standard InChI is InChI=1S/C17H21N3O2/c18-15(12-13-6-2-1-3-7-13)16(21)17(22)20-11-9-14-8-4-5-10-19-14/h1-8,10,15-16,21H,9,11-12,18H2,(H,20,22)/t15-,16+/m0/s1. The average Bonchev–Trinajstić information content (AvgIpc) is 2.56. The maximum atomic E-state index is 11.9. The monoisotopic (exact) mass is 299 g/mol. The van der Waals surface area contributed by atoms with Gasteiger partial charge in [-0.1, -0.05) is 36.4 Å². The second-order valence-corrected chi connectivity index (χ2v) is 5.16. The van der Waals surface area contributed by atoms with Crippen LogP contribution in [0.15, 0.2) is 54.7 Å². The number of rotatable bonds is 7. The van der Waals surface area contributed by atoms with E-state index in [2.05, 4.69) is 10.3 Å². The van der Waals surface area contributed by atoms with Crippen molar-refractivity contribution in [2.24, 2.45) is 5.73 Å². The molecule has 0 saturated heterocycles. The Hall–Kier alpha value is -2.24. The van der Waals surface area contributed by atoms with Crippen LogP contribution in [0, 0.1) is 0 Å². The minimum atomic E-state index is -1.22. The molecule has 0 spiro atoms. The summed E-state index contributed by atoms with van der Waals surface area (Å²) in [6, 6.07) is 14.6. The van der Waals surface area contributed by atoms with Crippen molar-refractivity contribution in [2.45, 2.75) is 25.0 Å². The third-order valence-corrected chi connectivity index (χ3v) is 3.39. The van der Waals surface area contributed by atoms with Crippen LogP contribution in [-0.4, -0.2) is 34.7 Å². The summed E-state index contributed by atoms with van der Waals surface area (Å²) in [5.41, 5.74) is 7.80. The molecule has 0 fully saturated rings. The summed E-state index contributed by atoms with van der Waals surface area (Å²) < 4.78 is 0. The highest BCUT2D eigenvalue weighted by Crippen LogP contribution is 2.04. The maximum Gasteiger partial charge on any atom is 0.250 e. The van der Waals surface area contributed by atoms with Crippen molar-refractivity contribution in [1.29, 1.82) is 0 Å². The Morgan fingerprint density at radius 3 is 2.59 bits per heavy atom. The van der Waals surface area contributed by atoms with Crippen LogP contribution in [0.3, 0.4) is 0 Å². The number of aliphatic hydroxyl groups excluding tert-OH is 1. The molecule has 2 rings (SSSR count). The molecule has 2 aromatic rings. The van der Waals surface area contributed by atoms with Crippen LogP contribution >= 0.6 is 0 Å². The van der Waals surface area contributed by atoms with Crippen LogP contribution in [0.25, 0.3) is 0 Å². The molecule has 1 heterocycles. The van der Waals surface area contributed by atoms with Gasteiger partial charge < -0.3 is 16.2 Å². The van der Waals surface area contributed by atoms with Gasteiger partial charge in [-0.2, -0.15) is 0 Å². The summed E-state index contributed by atoms with van der Waals surface area (Å²) in [5.74, 6) is -0.445. The van der Waals surface area contributed by atoms with Crippen LogP contribution in [0.5, 0.6) is 0 Å². The fraction of sp³-hybridized carbons (Fsp3) is 0.294. The van der Waals surface area contributed by atoms with Gasteiger partial charge in [0.25, 0.3) is 0 Å². The molecule has 1 aromatic carbocycles. The number of amides is 1. The van der Waals surface area contributed by atoms with Crippen molar-refractivity contribution < 1.29 is 9.90 Å². The Bertz CT molecular complexity index is 575. The molecule has 0 aliphatic heterocycles. The Morgan fingerprint density at radius 2 is 1.91 bits per heavy atom. The summed E-state index contributed by atoms with van der Waals surface area (Å²) in [7, 11) is 0. The van der Waals surface area contributed by atoms with Crippen molar-refractivity contribution in [3.8, 4) is 0 Å². The molecule has 0 aliphatic carbocycles. The number of nitrogens with one attached hydrogen (secondary N) is 1. The largest absolute Gasteiger partial charge is 0.382 e. The Labute approximate surface area is 130 Å². The van der Waals surface area contributed by atoms with E-state index in [0.717, 1.165) is 11.3 Å². The molecular weight excluding hydrogens is 278 g/mol. The number of hydrogen-bond donors (Lipinski definition) is 3. The molecule has 4 N–H and O–H groups in total. The third kappa shape index (κ3) is 4.95. The average molecular weight is 299 g/mol. The number of aromatic nitrogens is 1. The number of aliphatic hydroxyl groups is 1. The van der Waals surface area contributed by atoms with Gasteiger partial charge in [-0.3, -0.25) is 9.78 Å². The maximum absolute atomic E-state index is 11.9. The third-order valence-electron chi connectivity index (χ3n) is 3.39. The van der Waals surface area contributed by atoms with Gasteiger partial charge in [0.1, 0.15) is 6.10 Å². The lowest BCUT2D eigenvalue weighted by atomic mass is 10.0. The first-order valence-electron chi connectivity index (χ1n) is 7.32. The Morgan fingerprint density at radius 1 is 1.18 bits per heavy atom. The van der Waals surface area contributed by atoms with Crippen LogP contribution in [0.4, 0.5) is 0 Å². The lowest BCUT2D eigenvalue weighted by molar-refractivity contribution is -0.130. The van der Waals surface area contributed by atoms with E-state index in [1.165, 1.54) is 0 Å². The molecule has 1 aromatic heterocycles. The van der Waals surface area contributed by atoms with Gasteiger partial charge in [0.15, 0.2) is 0 Å². The molecule has 0 unspecified atom stereocenters. The van der Waals surface area contributed by atoms with Crippen molar-refractivity contribution >= 4 is 5.91 Å². The molecule has 0 saturated carbocycles. The zero-order valence-electron chi connectivity index (χ0n) is 12.4. The number of nitrogens with zero attached hydrogens (tertiary/aromatic N) is 1. The highest BCUT2D eigenvalue weighted by atomic mass is 16.3. The van der Waals surface area contributed by atoms with Crippen molar-refractivity contribution in [3.05, 3.63) is 66.0 Å². The summed E-state index contributed by atoms with van der Waals surface area (Å²) in [4.78, 5) is 16.1. The van der Waals surface area contributed by atoms with E-state index in [9.17, 15) is 9.90 Å². The highest BCUT2D eigenvalue weighted by Gasteiger charge is 2.22. The van der Waals surface area contributed by atoms with Crippen LogP contribution in [0.1, 0.15) is 11.3 Å². The second-order valence-electron chi connectivity index (χ2n) is 5.16.